The summed E-state index contributed by atoms with van der Waals surface area (Å²) in [5.74, 6) is 0. The molecule has 0 unspecified atom stereocenters. The average Bonchev–Trinajstić information content (AvgIpc) is 2.35. The highest BCUT2D eigenvalue weighted by Gasteiger charge is 2.30. The van der Waals surface area contributed by atoms with Gasteiger partial charge in [-0.3, -0.25) is 0 Å². The first-order valence-corrected chi connectivity index (χ1v) is 8.63. The van der Waals surface area contributed by atoms with Gasteiger partial charge in [-0.2, -0.15) is 0 Å². The molecule has 0 aliphatic heterocycles. The van der Waals surface area contributed by atoms with Gasteiger partial charge in [0.25, 0.3) is 0 Å². The first-order valence-electron chi connectivity index (χ1n) is 7.46. The van der Waals surface area contributed by atoms with E-state index in [9.17, 15) is 4.79 Å². The second-order valence-electron chi connectivity index (χ2n) is 7.23. The molecule has 0 radical (unpaired) electrons. The van der Waals surface area contributed by atoms with E-state index in [-0.39, 0.29) is 11.6 Å². The smallest absolute Gasteiger partial charge is 0.410 e. The normalized spacial score (nSPS) is 12.0. The summed E-state index contributed by atoms with van der Waals surface area (Å²) in [6.45, 7) is 12.6. The molecule has 0 saturated carbocycles. The fourth-order valence-corrected chi connectivity index (χ4v) is 2.30. The Balaban J connectivity index is 2.68. The summed E-state index contributed by atoms with van der Waals surface area (Å²) < 4.78 is 6.21. The number of carbonyl (C=O) groups excluding carboxylic acids is 1. The molecule has 23 heavy (non-hydrogen) atoms. The van der Waals surface area contributed by atoms with E-state index in [1.165, 1.54) is 0 Å². The molecule has 130 valence electrons. The lowest BCUT2D eigenvalue weighted by Gasteiger charge is -2.37. The Hall–Kier alpha value is -1.01. The van der Waals surface area contributed by atoms with E-state index in [0.29, 0.717) is 18.2 Å². The van der Waals surface area contributed by atoms with Crippen molar-refractivity contribution < 1.29 is 9.53 Å². The Morgan fingerprint density at radius 1 is 1.35 bits per heavy atom. The summed E-state index contributed by atoms with van der Waals surface area (Å²) in [4.78, 5) is 18.2. The molecule has 1 N–H and O–H groups in total. The van der Waals surface area contributed by atoms with Crippen LogP contribution in [-0.4, -0.2) is 40.2 Å². The standard InChI is InChI=1S/C16H25BrClN3O2/c1-15(2,3)21(14(22)23-16(4,5)6)8-7-19-11-9-12(17)13(18)20-10-11/h9-10,19H,7-8H2,1-6H3. The number of nitrogens with one attached hydrogen (secondary N) is 1. The van der Waals surface area contributed by atoms with Crippen LogP contribution in [0.3, 0.4) is 0 Å². The fraction of sp³-hybridized carbons (Fsp3) is 0.625. The molecule has 1 amide bonds. The van der Waals surface area contributed by atoms with E-state index < -0.39 is 5.60 Å². The van der Waals surface area contributed by atoms with Gasteiger partial charge in [-0.25, -0.2) is 9.78 Å². The number of pyridine rings is 1. The first-order chi connectivity index (χ1) is 10.4. The van der Waals surface area contributed by atoms with Crippen LogP contribution >= 0.6 is 27.5 Å². The van der Waals surface area contributed by atoms with Gasteiger partial charge in [0.2, 0.25) is 0 Å². The molecule has 1 aromatic rings. The van der Waals surface area contributed by atoms with Crippen molar-refractivity contribution in [2.75, 3.05) is 18.4 Å². The van der Waals surface area contributed by atoms with Crippen LogP contribution < -0.4 is 5.32 Å². The maximum Gasteiger partial charge on any atom is 0.410 e. The second-order valence-corrected chi connectivity index (χ2v) is 8.44. The third-order valence-electron chi connectivity index (χ3n) is 2.88. The Labute approximate surface area is 151 Å². The Kier molecular flexibility index (Phi) is 6.71. The summed E-state index contributed by atoms with van der Waals surface area (Å²) in [5, 5.41) is 3.65. The largest absolute Gasteiger partial charge is 0.444 e. The van der Waals surface area contributed by atoms with Gasteiger partial charge in [-0.15, -0.1) is 0 Å². The van der Waals surface area contributed by atoms with Crippen LogP contribution in [-0.2, 0) is 4.74 Å². The molecule has 0 aromatic carbocycles. The monoisotopic (exact) mass is 405 g/mol. The predicted molar refractivity (Wildman–Crippen MR) is 98.1 cm³/mol. The summed E-state index contributed by atoms with van der Waals surface area (Å²) in [6.07, 6.45) is 1.34. The summed E-state index contributed by atoms with van der Waals surface area (Å²) in [6, 6.07) is 1.85. The molecule has 0 aliphatic rings. The molecule has 0 saturated heterocycles. The third kappa shape index (κ3) is 6.96. The quantitative estimate of drug-likeness (QED) is 0.719. The lowest BCUT2D eigenvalue weighted by molar-refractivity contribution is 0.00749. The van der Waals surface area contributed by atoms with Crippen molar-refractivity contribution in [1.29, 1.82) is 0 Å². The van der Waals surface area contributed by atoms with Gasteiger partial charge >= 0.3 is 6.09 Å². The van der Waals surface area contributed by atoms with E-state index in [1.54, 1.807) is 11.1 Å². The lowest BCUT2D eigenvalue weighted by atomic mass is 10.1. The van der Waals surface area contributed by atoms with E-state index in [0.717, 1.165) is 10.2 Å². The van der Waals surface area contributed by atoms with Crippen LogP contribution in [0.2, 0.25) is 5.15 Å². The molecule has 1 heterocycles. The van der Waals surface area contributed by atoms with Crippen LogP contribution in [0, 0.1) is 0 Å². The topological polar surface area (TPSA) is 54.5 Å². The number of nitrogens with zero attached hydrogens (tertiary/aromatic N) is 2. The van der Waals surface area contributed by atoms with Crippen LogP contribution in [0.25, 0.3) is 0 Å². The van der Waals surface area contributed by atoms with Gasteiger partial charge in [-0.1, -0.05) is 11.6 Å². The SMILES string of the molecule is CC(C)(C)OC(=O)N(CCNc1cnc(Cl)c(Br)c1)C(C)(C)C. The van der Waals surface area contributed by atoms with Crippen molar-refractivity contribution in [3.8, 4) is 0 Å². The number of anilines is 1. The van der Waals surface area contributed by atoms with Gasteiger partial charge in [0.05, 0.1) is 16.4 Å². The van der Waals surface area contributed by atoms with Crippen LogP contribution in [0.15, 0.2) is 16.7 Å². The second kappa shape index (κ2) is 7.71. The number of carbonyl (C=O) groups is 1. The molecule has 0 aliphatic carbocycles. The molecule has 7 heteroatoms. The van der Waals surface area contributed by atoms with Crippen molar-refractivity contribution in [2.24, 2.45) is 0 Å². The maximum atomic E-state index is 12.4. The highest BCUT2D eigenvalue weighted by Crippen LogP contribution is 2.23. The molecule has 0 spiro atoms. The molecule has 1 aromatic heterocycles. The minimum absolute atomic E-state index is 0.317. The van der Waals surface area contributed by atoms with Crippen LogP contribution in [0.5, 0.6) is 0 Å². The molecule has 0 atom stereocenters. The maximum absolute atomic E-state index is 12.4. The number of amides is 1. The predicted octanol–water partition coefficient (Wildman–Crippen LogP) is 4.95. The highest BCUT2D eigenvalue weighted by atomic mass is 79.9. The Morgan fingerprint density at radius 2 is 1.96 bits per heavy atom. The number of halogens is 2. The number of aromatic nitrogens is 1. The number of rotatable bonds is 4. The van der Waals surface area contributed by atoms with E-state index in [2.05, 4.69) is 26.2 Å². The molecule has 5 nitrogen and oxygen atoms in total. The van der Waals surface area contributed by atoms with Crippen molar-refractivity contribution >= 4 is 39.3 Å². The zero-order valence-electron chi connectivity index (χ0n) is 14.5. The van der Waals surface area contributed by atoms with Gasteiger partial charge in [0.1, 0.15) is 10.8 Å². The number of ether oxygens (including phenoxy) is 1. The summed E-state index contributed by atoms with van der Waals surface area (Å²) >= 11 is 9.21. The van der Waals surface area contributed by atoms with Crippen molar-refractivity contribution in [3.63, 3.8) is 0 Å². The zero-order chi connectivity index (χ0) is 17.8. The van der Waals surface area contributed by atoms with E-state index in [1.807, 2.05) is 47.6 Å². The van der Waals surface area contributed by atoms with E-state index in [4.69, 9.17) is 16.3 Å². The fourth-order valence-electron chi connectivity index (χ4n) is 1.85. The van der Waals surface area contributed by atoms with Crippen molar-refractivity contribution in [1.82, 2.24) is 9.88 Å². The third-order valence-corrected chi connectivity index (χ3v) is 4.02. The minimum atomic E-state index is -0.515. The van der Waals surface area contributed by atoms with Gasteiger partial charge in [-0.05, 0) is 63.5 Å². The lowest BCUT2D eigenvalue weighted by Crippen LogP contribution is -2.49. The highest BCUT2D eigenvalue weighted by molar-refractivity contribution is 9.10. The first kappa shape index (κ1) is 20.0. The van der Waals surface area contributed by atoms with E-state index >= 15 is 0 Å². The molecule has 0 fully saturated rings. The van der Waals surface area contributed by atoms with Crippen LogP contribution in [0.1, 0.15) is 41.5 Å². The summed E-state index contributed by atoms with van der Waals surface area (Å²) in [5.41, 5.74) is -0.0127. The number of hydrogen-bond donors (Lipinski definition) is 1. The minimum Gasteiger partial charge on any atom is -0.444 e. The van der Waals surface area contributed by atoms with Crippen LogP contribution in [0.4, 0.5) is 10.5 Å². The van der Waals surface area contributed by atoms with Gasteiger partial charge in [0.15, 0.2) is 0 Å². The van der Waals surface area contributed by atoms with Gasteiger partial charge < -0.3 is 15.0 Å². The Bertz CT molecular complexity index is 553. The average molecular weight is 407 g/mol. The zero-order valence-corrected chi connectivity index (χ0v) is 16.9. The van der Waals surface area contributed by atoms with Crippen molar-refractivity contribution in [3.05, 3.63) is 21.9 Å². The van der Waals surface area contributed by atoms with Gasteiger partial charge in [0, 0.05) is 18.6 Å². The molecule has 1 rings (SSSR count). The molecular formula is C16H25BrClN3O2. The Morgan fingerprint density at radius 3 is 2.43 bits per heavy atom. The summed E-state index contributed by atoms with van der Waals surface area (Å²) in [7, 11) is 0. The molecular weight excluding hydrogens is 382 g/mol. The number of hydrogen-bond acceptors (Lipinski definition) is 4. The van der Waals surface area contributed by atoms with Crippen molar-refractivity contribution in [2.45, 2.75) is 52.7 Å². The molecule has 0 bridgehead atoms.